The van der Waals surface area contributed by atoms with Crippen molar-refractivity contribution in [3.05, 3.63) is 52.8 Å². The van der Waals surface area contributed by atoms with E-state index in [2.05, 4.69) is 62.9 Å². The summed E-state index contributed by atoms with van der Waals surface area (Å²) in [6.45, 7) is 5.40. The predicted octanol–water partition coefficient (Wildman–Crippen LogP) is 3.55. The first-order valence-corrected chi connectivity index (χ1v) is 9.27. The van der Waals surface area contributed by atoms with Crippen LogP contribution in [-0.4, -0.2) is 35.4 Å². The van der Waals surface area contributed by atoms with E-state index in [-0.39, 0.29) is 29.4 Å². The highest BCUT2D eigenvalue weighted by molar-refractivity contribution is 14.0. The number of aromatic nitrogens is 2. The van der Waals surface area contributed by atoms with E-state index in [0.29, 0.717) is 0 Å². The summed E-state index contributed by atoms with van der Waals surface area (Å²) in [4.78, 5) is 4.82. The highest BCUT2D eigenvalue weighted by Crippen LogP contribution is 2.48. The maximum absolute atomic E-state index is 4.82. The van der Waals surface area contributed by atoms with Crippen LogP contribution in [0.4, 0.5) is 0 Å². The summed E-state index contributed by atoms with van der Waals surface area (Å²) in [5.41, 5.74) is 1.60. The van der Waals surface area contributed by atoms with Gasteiger partial charge in [0.2, 0.25) is 0 Å². The van der Waals surface area contributed by atoms with Crippen molar-refractivity contribution in [1.82, 2.24) is 20.4 Å². The van der Waals surface area contributed by atoms with E-state index < -0.39 is 0 Å². The maximum atomic E-state index is 4.82. The minimum Gasteiger partial charge on any atom is -0.357 e. The van der Waals surface area contributed by atoms with Crippen LogP contribution in [0, 0.1) is 0 Å². The van der Waals surface area contributed by atoms with Gasteiger partial charge in [-0.05, 0) is 43.5 Å². The Morgan fingerprint density at radius 3 is 2.80 bits per heavy atom. The van der Waals surface area contributed by atoms with Crippen molar-refractivity contribution in [2.75, 3.05) is 19.6 Å². The molecule has 1 aliphatic carbocycles. The summed E-state index contributed by atoms with van der Waals surface area (Å²) in [5.74, 6) is 0.880. The molecule has 1 saturated carbocycles. The number of hydrogen-bond acceptors (Lipinski definition) is 2. The van der Waals surface area contributed by atoms with Gasteiger partial charge in [-0.25, -0.2) is 0 Å². The Bertz CT molecular complexity index is 683. The van der Waals surface area contributed by atoms with E-state index in [4.69, 9.17) is 4.99 Å². The molecule has 1 aliphatic rings. The molecule has 136 valence electrons. The summed E-state index contributed by atoms with van der Waals surface area (Å²) in [6.07, 6.45) is 6.19. The number of benzene rings is 1. The second-order valence-corrected chi connectivity index (χ2v) is 7.10. The van der Waals surface area contributed by atoms with E-state index in [1.807, 2.05) is 16.9 Å². The van der Waals surface area contributed by atoms with Gasteiger partial charge in [-0.2, -0.15) is 5.10 Å². The van der Waals surface area contributed by atoms with Crippen molar-refractivity contribution in [2.45, 2.75) is 31.7 Å². The Balaban J connectivity index is 0.00000225. The molecule has 0 spiro atoms. The van der Waals surface area contributed by atoms with Crippen LogP contribution in [0.25, 0.3) is 0 Å². The molecule has 2 aromatic rings. The number of nitrogens with one attached hydrogen (secondary N) is 2. The topological polar surface area (TPSA) is 54.2 Å². The van der Waals surface area contributed by atoms with Crippen LogP contribution < -0.4 is 10.6 Å². The quantitative estimate of drug-likeness (QED) is 0.335. The molecule has 0 radical (unpaired) electrons. The summed E-state index contributed by atoms with van der Waals surface area (Å²) < 4.78 is 3.06. The van der Waals surface area contributed by atoms with Gasteiger partial charge in [0.05, 0.1) is 13.1 Å². The molecular weight excluding hydrogens is 493 g/mol. The van der Waals surface area contributed by atoms with Gasteiger partial charge in [0.1, 0.15) is 0 Å². The van der Waals surface area contributed by atoms with Gasteiger partial charge in [-0.1, -0.05) is 28.1 Å². The van der Waals surface area contributed by atoms with Crippen LogP contribution in [0.3, 0.4) is 0 Å². The van der Waals surface area contributed by atoms with Crippen molar-refractivity contribution in [1.29, 1.82) is 0 Å². The van der Waals surface area contributed by atoms with Crippen LogP contribution in [0.1, 0.15) is 25.3 Å². The largest absolute Gasteiger partial charge is 0.357 e. The Hall–Kier alpha value is -1.09. The Labute approximate surface area is 174 Å². The Morgan fingerprint density at radius 2 is 2.16 bits per heavy atom. The smallest absolute Gasteiger partial charge is 0.191 e. The first-order valence-electron chi connectivity index (χ1n) is 8.47. The van der Waals surface area contributed by atoms with Crippen LogP contribution in [0.2, 0.25) is 0 Å². The third-order valence-electron chi connectivity index (χ3n) is 4.37. The first-order chi connectivity index (χ1) is 11.7. The van der Waals surface area contributed by atoms with Gasteiger partial charge in [0.15, 0.2) is 5.96 Å². The zero-order valence-corrected chi connectivity index (χ0v) is 18.3. The number of hydrogen-bond donors (Lipinski definition) is 2. The van der Waals surface area contributed by atoms with Gasteiger partial charge in [-0.3, -0.25) is 9.67 Å². The van der Waals surface area contributed by atoms with Gasteiger partial charge in [0.25, 0.3) is 0 Å². The van der Waals surface area contributed by atoms with E-state index in [1.54, 1.807) is 6.20 Å². The fourth-order valence-corrected chi connectivity index (χ4v) is 3.20. The third-order valence-corrected chi connectivity index (χ3v) is 4.86. The van der Waals surface area contributed by atoms with Crippen molar-refractivity contribution >= 4 is 45.9 Å². The highest BCUT2D eigenvalue weighted by Gasteiger charge is 2.44. The van der Waals surface area contributed by atoms with Crippen molar-refractivity contribution in [3.8, 4) is 0 Å². The molecule has 0 amide bonds. The molecule has 25 heavy (non-hydrogen) atoms. The molecule has 3 rings (SSSR count). The van der Waals surface area contributed by atoms with E-state index >= 15 is 0 Å². The van der Waals surface area contributed by atoms with Crippen LogP contribution in [0.15, 0.2) is 52.2 Å². The second kappa shape index (κ2) is 9.56. The summed E-state index contributed by atoms with van der Waals surface area (Å²) in [7, 11) is 0. The van der Waals surface area contributed by atoms with E-state index in [0.717, 1.165) is 36.6 Å². The number of rotatable bonds is 7. The zero-order valence-electron chi connectivity index (χ0n) is 14.4. The normalized spacial score (nSPS) is 15.4. The molecule has 1 aromatic heterocycles. The molecule has 7 heteroatoms. The third kappa shape index (κ3) is 5.70. The Morgan fingerprint density at radius 1 is 1.32 bits per heavy atom. The van der Waals surface area contributed by atoms with Gasteiger partial charge in [0, 0.05) is 35.4 Å². The molecular formula is C18H25BrIN5. The lowest BCUT2D eigenvalue weighted by Gasteiger charge is -2.16. The average Bonchev–Trinajstić information content (AvgIpc) is 3.20. The molecule has 0 saturated heterocycles. The molecule has 0 aliphatic heterocycles. The minimum absolute atomic E-state index is 0. The van der Waals surface area contributed by atoms with Gasteiger partial charge < -0.3 is 10.6 Å². The van der Waals surface area contributed by atoms with Crippen molar-refractivity contribution in [3.63, 3.8) is 0 Å². The first kappa shape index (κ1) is 20.2. The molecule has 1 heterocycles. The molecule has 2 N–H and O–H groups in total. The molecule has 1 aromatic carbocycles. The number of aliphatic imine (C=N–C) groups is 1. The second-order valence-electron chi connectivity index (χ2n) is 6.18. The standard InChI is InChI=1S/C18H24BrN5.HI/c1-2-20-17(21-10-12-24-11-4-9-23-24)22-14-18(7-8-18)15-5-3-6-16(19)13-15;/h3-6,9,11,13H,2,7-8,10,12,14H2,1H3,(H2,20,21,22);1H. The van der Waals surface area contributed by atoms with Gasteiger partial charge >= 0.3 is 0 Å². The lowest BCUT2D eigenvalue weighted by molar-refractivity contribution is 0.596. The highest BCUT2D eigenvalue weighted by atomic mass is 127. The number of nitrogens with zero attached hydrogens (tertiary/aromatic N) is 3. The van der Waals surface area contributed by atoms with Crippen LogP contribution >= 0.6 is 39.9 Å². The average molecular weight is 518 g/mol. The zero-order chi connectivity index (χ0) is 16.8. The maximum Gasteiger partial charge on any atom is 0.191 e. The lowest BCUT2D eigenvalue weighted by atomic mass is 9.96. The summed E-state index contributed by atoms with van der Waals surface area (Å²) in [6, 6.07) is 10.6. The molecule has 0 bridgehead atoms. The Kier molecular flexibility index (Phi) is 7.74. The summed E-state index contributed by atoms with van der Waals surface area (Å²) >= 11 is 3.57. The summed E-state index contributed by atoms with van der Waals surface area (Å²) in [5, 5.41) is 10.9. The van der Waals surface area contributed by atoms with E-state index in [9.17, 15) is 0 Å². The molecule has 0 unspecified atom stereocenters. The number of guanidine groups is 1. The van der Waals surface area contributed by atoms with Crippen LogP contribution in [-0.2, 0) is 12.0 Å². The molecule has 1 fully saturated rings. The predicted molar refractivity (Wildman–Crippen MR) is 117 cm³/mol. The van der Waals surface area contributed by atoms with E-state index in [1.165, 1.54) is 18.4 Å². The molecule has 5 nitrogen and oxygen atoms in total. The fraction of sp³-hybridized carbons (Fsp3) is 0.444. The molecule has 0 atom stereocenters. The van der Waals surface area contributed by atoms with Crippen molar-refractivity contribution < 1.29 is 0 Å². The minimum atomic E-state index is 0. The SMILES string of the molecule is CCNC(=NCC1(c2cccc(Br)c2)CC1)NCCn1cccn1.I. The van der Waals surface area contributed by atoms with Gasteiger partial charge in [-0.15, -0.1) is 24.0 Å². The fourth-order valence-electron chi connectivity index (χ4n) is 2.80. The number of halogens is 2. The monoisotopic (exact) mass is 517 g/mol. The van der Waals surface area contributed by atoms with Crippen LogP contribution in [0.5, 0.6) is 0 Å². The van der Waals surface area contributed by atoms with Crippen molar-refractivity contribution in [2.24, 2.45) is 4.99 Å². The lowest BCUT2D eigenvalue weighted by Crippen LogP contribution is -2.39.